The quantitative estimate of drug-likeness (QED) is 0.347. The zero-order chi connectivity index (χ0) is 21.8. The van der Waals surface area contributed by atoms with Crippen molar-refractivity contribution in [3.8, 4) is 11.4 Å². The zero-order valence-corrected chi connectivity index (χ0v) is 17.4. The third-order valence-electron chi connectivity index (χ3n) is 5.27. The molecule has 5 heteroatoms. The number of benzene rings is 4. The molecule has 0 aliphatic heterocycles. The summed E-state index contributed by atoms with van der Waals surface area (Å²) in [5.41, 5.74) is 5.72. The van der Waals surface area contributed by atoms with Gasteiger partial charge in [-0.2, -0.15) is 0 Å². The monoisotopic (exact) mass is 418 g/mol. The molecule has 5 aromatic rings. The molecule has 32 heavy (non-hydrogen) atoms. The maximum atomic E-state index is 12.3. The van der Waals surface area contributed by atoms with Crippen LogP contribution in [0, 0.1) is 0 Å². The average Bonchev–Trinajstić information content (AvgIpc) is 3.19. The largest absolute Gasteiger partial charge is 0.323 e. The molecular weight excluding hydrogens is 396 g/mol. The Morgan fingerprint density at radius 3 is 2.00 bits per heavy atom. The van der Waals surface area contributed by atoms with Gasteiger partial charge in [0.2, 0.25) is 0 Å². The molecule has 0 bridgehead atoms. The predicted molar refractivity (Wildman–Crippen MR) is 130 cm³/mol. The van der Waals surface area contributed by atoms with Crippen molar-refractivity contribution in [1.82, 2.24) is 9.55 Å². The van der Waals surface area contributed by atoms with Gasteiger partial charge in [0.05, 0.1) is 11.0 Å². The highest BCUT2D eigenvalue weighted by Gasteiger charge is 2.13. The van der Waals surface area contributed by atoms with Crippen LogP contribution in [-0.2, 0) is 6.54 Å². The molecule has 2 amide bonds. The lowest BCUT2D eigenvalue weighted by Crippen LogP contribution is -2.19. The lowest BCUT2D eigenvalue weighted by Gasteiger charge is -2.11. The maximum absolute atomic E-state index is 12.3. The van der Waals surface area contributed by atoms with Crippen LogP contribution in [0.15, 0.2) is 109 Å². The molecule has 0 saturated heterocycles. The van der Waals surface area contributed by atoms with Crippen LogP contribution in [0.2, 0.25) is 0 Å². The SMILES string of the molecule is O=C(Nc1ccccc1)Nc1ccc(-c2nc3ccccc3n2Cc2ccccc2)cc1. The van der Waals surface area contributed by atoms with E-state index in [2.05, 4.69) is 45.5 Å². The van der Waals surface area contributed by atoms with Gasteiger partial charge in [-0.1, -0.05) is 60.7 Å². The second-order valence-electron chi connectivity index (χ2n) is 7.52. The smallest absolute Gasteiger partial charge is 0.319 e. The number of carbonyl (C=O) groups is 1. The van der Waals surface area contributed by atoms with Gasteiger partial charge in [-0.3, -0.25) is 0 Å². The second kappa shape index (κ2) is 8.78. The number of hydrogen-bond donors (Lipinski definition) is 2. The van der Waals surface area contributed by atoms with Crippen LogP contribution in [0.3, 0.4) is 0 Å². The van der Waals surface area contributed by atoms with Crippen LogP contribution >= 0.6 is 0 Å². The molecular formula is C27H22N4O. The molecule has 0 saturated carbocycles. The Hall–Kier alpha value is -4.38. The summed E-state index contributed by atoms with van der Waals surface area (Å²) in [7, 11) is 0. The van der Waals surface area contributed by atoms with Crippen LogP contribution in [0.25, 0.3) is 22.4 Å². The molecule has 0 fully saturated rings. The number of aromatic nitrogens is 2. The van der Waals surface area contributed by atoms with Crippen molar-refractivity contribution in [2.24, 2.45) is 0 Å². The number of fused-ring (bicyclic) bond motifs is 1. The zero-order valence-electron chi connectivity index (χ0n) is 17.4. The Morgan fingerprint density at radius 1 is 0.688 bits per heavy atom. The van der Waals surface area contributed by atoms with Gasteiger partial charge in [-0.05, 0) is 54.1 Å². The number of imidazole rings is 1. The number of nitrogens with one attached hydrogen (secondary N) is 2. The van der Waals surface area contributed by atoms with Crippen molar-refractivity contribution in [1.29, 1.82) is 0 Å². The number of rotatable bonds is 5. The highest BCUT2D eigenvalue weighted by Crippen LogP contribution is 2.27. The van der Waals surface area contributed by atoms with Crippen LogP contribution in [0.1, 0.15) is 5.56 Å². The third kappa shape index (κ3) is 4.23. The van der Waals surface area contributed by atoms with E-state index in [1.54, 1.807) is 0 Å². The minimum atomic E-state index is -0.278. The first kappa shape index (κ1) is 19.6. The van der Waals surface area contributed by atoms with E-state index < -0.39 is 0 Å². The van der Waals surface area contributed by atoms with Gasteiger partial charge >= 0.3 is 6.03 Å². The van der Waals surface area contributed by atoms with E-state index in [0.29, 0.717) is 5.69 Å². The molecule has 0 atom stereocenters. The van der Waals surface area contributed by atoms with E-state index in [-0.39, 0.29) is 6.03 Å². The summed E-state index contributed by atoms with van der Waals surface area (Å²) in [5, 5.41) is 5.70. The van der Waals surface area contributed by atoms with Crippen molar-refractivity contribution in [3.05, 3.63) is 115 Å². The number of urea groups is 1. The van der Waals surface area contributed by atoms with Crippen LogP contribution in [0.5, 0.6) is 0 Å². The van der Waals surface area contributed by atoms with Gasteiger partial charge in [-0.25, -0.2) is 9.78 Å². The van der Waals surface area contributed by atoms with Gasteiger partial charge in [0.25, 0.3) is 0 Å². The maximum Gasteiger partial charge on any atom is 0.323 e. The predicted octanol–water partition coefficient (Wildman–Crippen LogP) is 6.40. The Labute approximate surface area is 186 Å². The number of hydrogen-bond acceptors (Lipinski definition) is 2. The first-order chi connectivity index (χ1) is 15.8. The van der Waals surface area contributed by atoms with Gasteiger partial charge in [0.15, 0.2) is 0 Å². The van der Waals surface area contributed by atoms with Crippen molar-refractivity contribution in [2.75, 3.05) is 10.6 Å². The van der Waals surface area contributed by atoms with Crippen molar-refractivity contribution in [2.45, 2.75) is 6.54 Å². The molecule has 4 aromatic carbocycles. The molecule has 5 rings (SSSR count). The number of carbonyl (C=O) groups excluding carboxylic acids is 1. The number of para-hydroxylation sites is 3. The molecule has 1 heterocycles. The van der Waals surface area contributed by atoms with E-state index in [1.807, 2.05) is 78.9 Å². The van der Waals surface area contributed by atoms with Gasteiger partial charge in [0.1, 0.15) is 5.82 Å². The Bertz CT molecular complexity index is 1340. The van der Waals surface area contributed by atoms with Gasteiger partial charge in [0, 0.05) is 23.5 Å². The summed E-state index contributed by atoms with van der Waals surface area (Å²) in [6.07, 6.45) is 0. The average molecular weight is 419 g/mol. The number of amides is 2. The minimum absolute atomic E-state index is 0.278. The molecule has 0 aliphatic carbocycles. The lowest BCUT2D eigenvalue weighted by atomic mass is 10.1. The topological polar surface area (TPSA) is 59.0 Å². The molecule has 2 N–H and O–H groups in total. The van der Waals surface area contributed by atoms with Crippen LogP contribution < -0.4 is 10.6 Å². The molecule has 0 spiro atoms. The van der Waals surface area contributed by atoms with Crippen molar-refractivity contribution >= 4 is 28.4 Å². The van der Waals surface area contributed by atoms with E-state index in [9.17, 15) is 4.79 Å². The fourth-order valence-corrected chi connectivity index (χ4v) is 3.74. The summed E-state index contributed by atoms with van der Waals surface area (Å²) in [6, 6.07) is 35.4. The van der Waals surface area contributed by atoms with Crippen molar-refractivity contribution in [3.63, 3.8) is 0 Å². The van der Waals surface area contributed by atoms with Crippen LogP contribution in [-0.4, -0.2) is 15.6 Å². The van der Waals surface area contributed by atoms with Gasteiger partial charge in [-0.15, -0.1) is 0 Å². The normalized spacial score (nSPS) is 10.8. The summed E-state index contributed by atoms with van der Waals surface area (Å²) >= 11 is 0. The van der Waals surface area contributed by atoms with E-state index in [0.717, 1.165) is 34.7 Å². The highest BCUT2D eigenvalue weighted by atomic mass is 16.2. The summed E-state index contributed by atoms with van der Waals surface area (Å²) < 4.78 is 2.23. The van der Waals surface area contributed by atoms with E-state index in [4.69, 9.17) is 4.98 Å². The molecule has 0 radical (unpaired) electrons. The molecule has 5 nitrogen and oxygen atoms in total. The molecule has 0 aliphatic rings. The molecule has 0 unspecified atom stereocenters. The third-order valence-corrected chi connectivity index (χ3v) is 5.27. The summed E-state index contributed by atoms with van der Waals surface area (Å²) in [4.78, 5) is 17.2. The second-order valence-corrected chi connectivity index (χ2v) is 7.52. The van der Waals surface area contributed by atoms with Crippen molar-refractivity contribution < 1.29 is 4.79 Å². The number of nitrogens with zero attached hydrogens (tertiary/aromatic N) is 2. The van der Waals surface area contributed by atoms with Crippen LogP contribution in [0.4, 0.5) is 16.2 Å². The fourth-order valence-electron chi connectivity index (χ4n) is 3.74. The van der Waals surface area contributed by atoms with E-state index in [1.165, 1.54) is 5.56 Å². The summed E-state index contributed by atoms with van der Waals surface area (Å²) in [6.45, 7) is 0.732. The lowest BCUT2D eigenvalue weighted by molar-refractivity contribution is 0.262. The van der Waals surface area contributed by atoms with E-state index >= 15 is 0 Å². The Balaban J connectivity index is 1.40. The Kier molecular flexibility index (Phi) is 5.37. The number of anilines is 2. The standard InChI is InChI=1S/C27H22N4O/c32-27(28-22-11-5-2-6-12-22)29-23-17-15-21(16-18-23)26-30-24-13-7-8-14-25(24)31(26)19-20-9-3-1-4-10-20/h1-18H,19H2,(H2,28,29,32). The molecule has 156 valence electrons. The fraction of sp³-hybridized carbons (Fsp3) is 0.0370. The first-order valence-corrected chi connectivity index (χ1v) is 10.5. The first-order valence-electron chi connectivity index (χ1n) is 10.5. The Morgan fingerprint density at radius 2 is 1.28 bits per heavy atom. The molecule has 1 aromatic heterocycles. The summed E-state index contributed by atoms with van der Waals surface area (Å²) in [5.74, 6) is 0.898. The van der Waals surface area contributed by atoms with Gasteiger partial charge < -0.3 is 15.2 Å². The minimum Gasteiger partial charge on any atom is -0.319 e. The highest BCUT2D eigenvalue weighted by molar-refractivity contribution is 5.99.